The van der Waals surface area contributed by atoms with Crippen LogP contribution in [-0.2, 0) is 6.42 Å². The van der Waals surface area contributed by atoms with Gasteiger partial charge in [-0.25, -0.2) is 0 Å². The molecule has 3 nitrogen and oxygen atoms in total. The third kappa shape index (κ3) is 4.38. The van der Waals surface area contributed by atoms with E-state index in [1.165, 1.54) is 58.6 Å². The number of aromatic nitrogens is 1. The van der Waals surface area contributed by atoms with E-state index in [9.17, 15) is 0 Å². The average molecular weight is 685 g/mol. The number of nitrogens with zero attached hydrogens (tertiary/aromatic N) is 2. The zero-order valence-corrected chi connectivity index (χ0v) is 29.1. The second kappa shape index (κ2) is 11.3. The van der Waals surface area contributed by atoms with Crippen LogP contribution in [0.25, 0.3) is 71.5 Å². The van der Waals surface area contributed by atoms with Crippen LogP contribution in [0.1, 0.15) is 21.9 Å². The average Bonchev–Trinajstić information content (AvgIpc) is 3.94. The molecule has 0 N–H and O–H groups in total. The normalized spacial score (nSPS) is 14.8. The summed E-state index contributed by atoms with van der Waals surface area (Å²) in [6.07, 6.45) is 9.76. The summed E-state index contributed by atoms with van der Waals surface area (Å²) in [5, 5.41) is 7.25. The van der Waals surface area contributed by atoms with E-state index in [0.717, 1.165) is 45.4 Å². The molecule has 4 aromatic heterocycles. The molecule has 4 heteroatoms. The van der Waals surface area contributed by atoms with E-state index in [0.29, 0.717) is 5.92 Å². The fourth-order valence-electron chi connectivity index (χ4n) is 8.47. The first kappa shape index (κ1) is 29.4. The van der Waals surface area contributed by atoms with Gasteiger partial charge in [0.05, 0.1) is 16.6 Å². The molecule has 0 spiro atoms. The highest BCUT2D eigenvalue weighted by Crippen LogP contribution is 2.42. The number of allylic oxidation sites excluding steroid dienone is 2. The van der Waals surface area contributed by atoms with Gasteiger partial charge in [0.25, 0.3) is 0 Å². The first-order chi connectivity index (χ1) is 25.7. The van der Waals surface area contributed by atoms with Crippen molar-refractivity contribution in [3.05, 3.63) is 179 Å². The lowest BCUT2D eigenvalue weighted by Gasteiger charge is -2.26. The third-order valence-corrected chi connectivity index (χ3v) is 12.1. The number of thiophene rings is 1. The Morgan fingerprint density at radius 1 is 0.654 bits per heavy atom. The van der Waals surface area contributed by atoms with Crippen molar-refractivity contribution in [3.8, 4) is 0 Å². The Labute approximate surface area is 304 Å². The number of fused-ring (bicyclic) bond motifs is 11. The summed E-state index contributed by atoms with van der Waals surface area (Å²) in [4.78, 5) is 3.75. The van der Waals surface area contributed by atoms with Crippen molar-refractivity contribution in [1.29, 1.82) is 0 Å². The quantitative estimate of drug-likeness (QED) is 0.180. The minimum Gasteiger partial charge on any atom is -0.456 e. The summed E-state index contributed by atoms with van der Waals surface area (Å²) in [6.45, 7) is 4.08. The Morgan fingerprint density at radius 2 is 1.40 bits per heavy atom. The maximum atomic E-state index is 6.40. The summed E-state index contributed by atoms with van der Waals surface area (Å²) >= 11 is 1.90. The summed E-state index contributed by atoms with van der Waals surface area (Å²) < 4.78 is 10.2. The van der Waals surface area contributed by atoms with Crippen LogP contribution in [0.15, 0.2) is 163 Å². The molecule has 0 bridgehead atoms. The summed E-state index contributed by atoms with van der Waals surface area (Å²) in [7, 11) is 0. The Kier molecular flexibility index (Phi) is 6.40. The molecule has 6 aromatic carbocycles. The number of rotatable bonds is 5. The zero-order chi connectivity index (χ0) is 34.3. The molecule has 1 aliphatic rings. The molecule has 1 aliphatic carbocycles. The number of furan rings is 1. The van der Waals surface area contributed by atoms with Gasteiger partial charge in [-0.1, -0.05) is 91.5 Å². The molecule has 0 saturated heterocycles. The van der Waals surface area contributed by atoms with Crippen LogP contribution in [0.4, 0.5) is 17.1 Å². The van der Waals surface area contributed by atoms with Gasteiger partial charge < -0.3 is 13.7 Å². The molecule has 10 aromatic rings. The Balaban J connectivity index is 1.06. The van der Waals surface area contributed by atoms with E-state index in [4.69, 9.17) is 4.42 Å². The van der Waals surface area contributed by atoms with Crippen molar-refractivity contribution in [2.75, 3.05) is 4.90 Å². The lowest BCUT2D eigenvalue weighted by molar-refractivity contribution is 0.669. The van der Waals surface area contributed by atoms with Crippen molar-refractivity contribution >= 4 is 99.9 Å². The molecule has 4 heterocycles. The number of hydrogen-bond donors (Lipinski definition) is 0. The summed E-state index contributed by atoms with van der Waals surface area (Å²) in [5.74, 6) is 0.330. The van der Waals surface area contributed by atoms with E-state index in [1.807, 2.05) is 29.5 Å². The van der Waals surface area contributed by atoms with Gasteiger partial charge in [0.15, 0.2) is 0 Å². The lowest BCUT2D eigenvalue weighted by Crippen LogP contribution is -2.11. The molecular formula is C48H32N2OS. The molecule has 0 saturated carbocycles. The van der Waals surface area contributed by atoms with Crippen molar-refractivity contribution in [3.63, 3.8) is 0 Å². The van der Waals surface area contributed by atoms with Crippen LogP contribution in [0.5, 0.6) is 0 Å². The molecule has 1 atom stereocenters. The molecule has 0 radical (unpaired) electrons. The first-order valence-electron chi connectivity index (χ1n) is 17.8. The van der Waals surface area contributed by atoms with E-state index in [-0.39, 0.29) is 0 Å². The fraction of sp³-hybridized carbons (Fsp3) is 0.0417. The second-order valence-electron chi connectivity index (χ2n) is 13.8. The minimum absolute atomic E-state index is 0.330. The maximum absolute atomic E-state index is 6.40. The van der Waals surface area contributed by atoms with Crippen LogP contribution in [0, 0.1) is 0 Å². The second-order valence-corrected chi connectivity index (χ2v) is 14.8. The molecule has 246 valence electrons. The zero-order valence-electron chi connectivity index (χ0n) is 28.3. The number of hydrogen-bond acceptors (Lipinski definition) is 3. The predicted octanol–water partition coefficient (Wildman–Crippen LogP) is 12.9. The molecular weight excluding hydrogens is 653 g/mol. The van der Waals surface area contributed by atoms with E-state index < -0.39 is 0 Å². The van der Waals surface area contributed by atoms with Gasteiger partial charge in [0.1, 0.15) is 11.2 Å². The van der Waals surface area contributed by atoms with Crippen molar-refractivity contribution in [2.24, 2.45) is 0 Å². The molecule has 52 heavy (non-hydrogen) atoms. The summed E-state index contributed by atoms with van der Waals surface area (Å²) in [6, 6.07) is 50.6. The van der Waals surface area contributed by atoms with Crippen LogP contribution < -0.4 is 10.1 Å². The van der Waals surface area contributed by atoms with Crippen LogP contribution in [-0.4, -0.2) is 4.40 Å². The molecule has 1 unspecified atom stereocenters. The van der Waals surface area contributed by atoms with Crippen LogP contribution in [0.3, 0.4) is 0 Å². The van der Waals surface area contributed by atoms with E-state index in [2.05, 4.69) is 162 Å². The van der Waals surface area contributed by atoms with Gasteiger partial charge in [0, 0.05) is 65.4 Å². The first-order valence-corrected chi connectivity index (χ1v) is 18.6. The van der Waals surface area contributed by atoms with Crippen LogP contribution in [0.2, 0.25) is 0 Å². The standard InChI is InChI=1S/C48H32N2OS/c1-2-9-36-40-28-34(22-24-43(40)50-42-13-6-3-10-32(42)27-44(36)50)49(35-21-23-38-37-11-4-7-14-45(37)51-46(38)29-35)33-19-16-30(17-20-33)31-18-25-48-41(26-31)39-12-5-8-15-47(39)52-48/h2-25,27-29,31H,1,26H2/b36-9-. The van der Waals surface area contributed by atoms with Crippen molar-refractivity contribution in [2.45, 2.75) is 12.3 Å². The number of benzene rings is 6. The van der Waals surface area contributed by atoms with Crippen molar-refractivity contribution < 1.29 is 4.42 Å². The highest BCUT2D eigenvalue weighted by atomic mass is 32.1. The Hall–Kier alpha value is -6.36. The minimum atomic E-state index is 0.330. The predicted molar refractivity (Wildman–Crippen MR) is 222 cm³/mol. The summed E-state index contributed by atoms with van der Waals surface area (Å²) in [5.41, 5.74) is 11.4. The number of anilines is 3. The van der Waals surface area contributed by atoms with E-state index in [1.54, 1.807) is 0 Å². The lowest BCUT2D eigenvalue weighted by atomic mass is 9.87. The maximum Gasteiger partial charge on any atom is 0.137 e. The van der Waals surface area contributed by atoms with Crippen molar-refractivity contribution in [1.82, 2.24) is 4.40 Å². The third-order valence-electron chi connectivity index (χ3n) is 10.9. The highest BCUT2D eigenvalue weighted by Gasteiger charge is 2.22. The van der Waals surface area contributed by atoms with Gasteiger partial charge in [-0.3, -0.25) is 0 Å². The van der Waals surface area contributed by atoms with Gasteiger partial charge in [0.2, 0.25) is 0 Å². The largest absolute Gasteiger partial charge is 0.456 e. The molecule has 0 fully saturated rings. The van der Waals surface area contributed by atoms with Gasteiger partial charge in [-0.15, -0.1) is 11.3 Å². The Morgan fingerprint density at radius 3 is 2.31 bits per heavy atom. The Bertz CT molecular complexity index is 3140. The van der Waals surface area contributed by atoms with Gasteiger partial charge in [-0.05, 0) is 95.7 Å². The van der Waals surface area contributed by atoms with Gasteiger partial charge in [-0.2, -0.15) is 0 Å². The topological polar surface area (TPSA) is 20.8 Å². The monoisotopic (exact) mass is 684 g/mol. The highest BCUT2D eigenvalue weighted by molar-refractivity contribution is 7.20. The molecule has 0 aliphatic heterocycles. The van der Waals surface area contributed by atoms with E-state index >= 15 is 0 Å². The number of para-hydroxylation sites is 2. The van der Waals surface area contributed by atoms with Crippen LogP contribution >= 0.6 is 11.3 Å². The van der Waals surface area contributed by atoms with Gasteiger partial charge >= 0.3 is 0 Å². The molecule has 11 rings (SSSR count). The fourth-order valence-corrected chi connectivity index (χ4v) is 9.62. The smallest absolute Gasteiger partial charge is 0.137 e. The molecule has 0 amide bonds. The SMILES string of the molecule is C=C/C=c1/c2cc(N(c3ccc(C4C=Cc5sc6ccccc6c5C4)cc3)c3ccc4c(c3)oc3ccccc34)ccc2n2c1cc1ccccc12.